The van der Waals surface area contributed by atoms with Crippen LogP contribution in [0.2, 0.25) is 5.02 Å². The van der Waals surface area contributed by atoms with Gasteiger partial charge in [0.25, 0.3) is 5.91 Å². The Kier molecular flexibility index (Phi) is 5.57. The van der Waals surface area contributed by atoms with Gasteiger partial charge < -0.3 is 10.6 Å². The van der Waals surface area contributed by atoms with Crippen LogP contribution in [0, 0.1) is 0 Å². The van der Waals surface area contributed by atoms with Crippen LogP contribution in [0.3, 0.4) is 0 Å². The van der Waals surface area contributed by atoms with Crippen LogP contribution in [0.1, 0.15) is 23.7 Å². The van der Waals surface area contributed by atoms with Gasteiger partial charge in [0.15, 0.2) is 0 Å². The summed E-state index contributed by atoms with van der Waals surface area (Å²) < 4.78 is 0.833. The van der Waals surface area contributed by atoms with Gasteiger partial charge in [0.1, 0.15) is 0 Å². The minimum atomic E-state index is -0.295. The number of benzene rings is 2. The van der Waals surface area contributed by atoms with Crippen LogP contribution >= 0.6 is 27.5 Å². The van der Waals surface area contributed by atoms with Crippen molar-refractivity contribution in [2.75, 3.05) is 10.6 Å². The molecule has 0 aromatic heterocycles. The molecule has 0 heterocycles. The summed E-state index contributed by atoms with van der Waals surface area (Å²) in [5.41, 5.74) is 1.55. The Hall–Kier alpha value is -1.85. The number of rotatable bonds is 4. The molecule has 0 unspecified atom stereocenters. The molecule has 4 nitrogen and oxygen atoms in total. The number of carbonyl (C=O) groups excluding carboxylic acids is 2. The molecule has 0 spiro atoms. The molecule has 2 aromatic carbocycles. The molecule has 2 N–H and O–H groups in total. The molecule has 22 heavy (non-hydrogen) atoms. The normalized spacial score (nSPS) is 10.1. The van der Waals surface area contributed by atoms with Crippen LogP contribution in [-0.4, -0.2) is 11.8 Å². The largest absolute Gasteiger partial charge is 0.326 e. The summed E-state index contributed by atoms with van der Waals surface area (Å²) in [6.07, 6.45) is 0.380. The molecule has 0 aliphatic rings. The first-order valence-electron chi connectivity index (χ1n) is 6.66. The minimum absolute atomic E-state index is 0.103. The molecule has 0 aliphatic heterocycles. The lowest BCUT2D eigenvalue weighted by molar-refractivity contribution is -0.115. The molecule has 0 bridgehead atoms. The highest BCUT2D eigenvalue weighted by molar-refractivity contribution is 9.10. The van der Waals surface area contributed by atoms with Gasteiger partial charge in [-0.3, -0.25) is 9.59 Å². The summed E-state index contributed by atoms with van der Waals surface area (Å²) in [6, 6.07) is 11.9. The first-order chi connectivity index (χ1) is 10.5. The predicted octanol–water partition coefficient (Wildman–Crippen LogP) is 4.70. The SMILES string of the molecule is CCC(=O)Nc1cccc(C(=O)Nc2ccc(Br)cc2Cl)c1. The summed E-state index contributed by atoms with van der Waals surface area (Å²) in [5.74, 6) is -0.398. The summed E-state index contributed by atoms with van der Waals surface area (Å²) >= 11 is 9.39. The van der Waals surface area contributed by atoms with Crippen molar-refractivity contribution >= 4 is 50.7 Å². The van der Waals surface area contributed by atoms with Crippen molar-refractivity contribution in [1.29, 1.82) is 0 Å². The third-order valence-electron chi connectivity index (χ3n) is 2.91. The second kappa shape index (κ2) is 7.42. The molecule has 0 saturated carbocycles. The first kappa shape index (κ1) is 16.5. The number of carbonyl (C=O) groups is 2. The molecule has 2 rings (SSSR count). The van der Waals surface area contributed by atoms with Crippen molar-refractivity contribution in [3.05, 3.63) is 57.5 Å². The van der Waals surface area contributed by atoms with Crippen LogP contribution in [0.25, 0.3) is 0 Å². The van der Waals surface area contributed by atoms with Gasteiger partial charge in [-0.25, -0.2) is 0 Å². The van der Waals surface area contributed by atoms with Crippen molar-refractivity contribution in [2.45, 2.75) is 13.3 Å². The molecule has 0 atom stereocenters. The van der Waals surface area contributed by atoms with E-state index in [1.165, 1.54) is 0 Å². The van der Waals surface area contributed by atoms with Crippen LogP contribution in [0.4, 0.5) is 11.4 Å². The average Bonchev–Trinajstić information content (AvgIpc) is 2.50. The van der Waals surface area contributed by atoms with Crippen molar-refractivity contribution < 1.29 is 9.59 Å². The van der Waals surface area contributed by atoms with E-state index < -0.39 is 0 Å². The van der Waals surface area contributed by atoms with E-state index in [4.69, 9.17) is 11.6 Å². The van der Waals surface area contributed by atoms with Crippen LogP contribution in [-0.2, 0) is 4.79 Å². The van der Waals surface area contributed by atoms with Gasteiger partial charge in [0.2, 0.25) is 5.91 Å². The maximum Gasteiger partial charge on any atom is 0.255 e. The second-order valence-electron chi connectivity index (χ2n) is 4.56. The maximum atomic E-state index is 12.3. The van der Waals surface area contributed by atoms with Crippen molar-refractivity contribution in [1.82, 2.24) is 0 Å². The quantitative estimate of drug-likeness (QED) is 0.806. The molecular weight excluding hydrogens is 368 g/mol. The van der Waals surface area contributed by atoms with Crippen LogP contribution < -0.4 is 10.6 Å². The highest BCUT2D eigenvalue weighted by atomic mass is 79.9. The number of halogens is 2. The molecule has 0 saturated heterocycles. The van der Waals surface area contributed by atoms with Gasteiger partial charge in [0.05, 0.1) is 10.7 Å². The van der Waals surface area contributed by atoms with Crippen molar-refractivity contribution in [3.8, 4) is 0 Å². The van der Waals surface area contributed by atoms with Gasteiger partial charge in [0, 0.05) is 22.1 Å². The molecule has 6 heteroatoms. The number of anilines is 2. The summed E-state index contributed by atoms with van der Waals surface area (Å²) in [7, 11) is 0. The predicted molar refractivity (Wildman–Crippen MR) is 92.5 cm³/mol. The fourth-order valence-electron chi connectivity index (χ4n) is 1.77. The first-order valence-corrected chi connectivity index (χ1v) is 7.83. The van der Waals surface area contributed by atoms with E-state index in [2.05, 4.69) is 26.6 Å². The number of hydrogen-bond acceptors (Lipinski definition) is 2. The Balaban J connectivity index is 2.15. The lowest BCUT2D eigenvalue weighted by Gasteiger charge is -2.09. The van der Waals surface area contributed by atoms with Gasteiger partial charge in [-0.15, -0.1) is 0 Å². The molecule has 0 aliphatic carbocycles. The van der Waals surface area contributed by atoms with Crippen molar-refractivity contribution in [3.63, 3.8) is 0 Å². The topological polar surface area (TPSA) is 58.2 Å². The Morgan fingerprint density at radius 3 is 2.59 bits per heavy atom. The molecule has 0 radical (unpaired) electrons. The summed E-state index contributed by atoms with van der Waals surface area (Å²) in [4.78, 5) is 23.7. The fraction of sp³-hybridized carbons (Fsp3) is 0.125. The zero-order chi connectivity index (χ0) is 16.1. The average molecular weight is 382 g/mol. The number of hydrogen-bond donors (Lipinski definition) is 2. The minimum Gasteiger partial charge on any atom is -0.326 e. The van der Waals surface area contributed by atoms with Gasteiger partial charge in [-0.1, -0.05) is 40.5 Å². The smallest absolute Gasteiger partial charge is 0.255 e. The Morgan fingerprint density at radius 1 is 1.14 bits per heavy atom. The molecule has 2 aromatic rings. The fourth-order valence-corrected chi connectivity index (χ4v) is 2.49. The van der Waals surface area contributed by atoms with Crippen LogP contribution in [0.15, 0.2) is 46.9 Å². The number of nitrogens with one attached hydrogen (secondary N) is 2. The summed E-state index contributed by atoms with van der Waals surface area (Å²) in [6.45, 7) is 1.77. The zero-order valence-electron chi connectivity index (χ0n) is 11.8. The van der Waals surface area contributed by atoms with E-state index in [1.54, 1.807) is 49.4 Å². The molecular formula is C16H14BrClN2O2. The third kappa shape index (κ3) is 4.32. The van der Waals surface area contributed by atoms with E-state index in [1.807, 2.05) is 0 Å². The van der Waals surface area contributed by atoms with E-state index in [9.17, 15) is 9.59 Å². The second-order valence-corrected chi connectivity index (χ2v) is 5.88. The lowest BCUT2D eigenvalue weighted by Crippen LogP contribution is -2.14. The van der Waals surface area contributed by atoms with Crippen molar-refractivity contribution in [2.24, 2.45) is 0 Å². The Bertz CT molecular complexity index is 719. The lowest BCUT2D eigenvalue weighted by atomic mass is 10.1. The maximum absolute atomic E-state index is 12.3. The van der Waals surface area contributed by atoms with E-state index in [0.29, 0.717) is 28.4 Å². The molecule has 2 amide bonds. The monoisotopic (exact) mass is 380 g/mol. The molecule has 114 valence electrons. The summed E-state index contributed by atoms with van der Waals surface area (Å²) in [5, 5.41) is 5.90. The third-order valence-corrected chi connectivity index (χ3v) is 3.71. The van der Waals surface area contributed by atoms with Gasteiger partial charge >= 0.3 is 0 Å². The highest BCUT2D eigenvalue weighted by Crippen LogP contribution is 2.26. The van der Waals surface area contributed by atoms with Gasteiger partial charge in [-0.2, -0.15) is 0 Å². The van der Waals surface area contributed by atoms with Gasteiger partial charge in [-0.05, 0) is 36.4 Å². The number of amides is 2. The van der Waals surface area contributed by atoms with Crippen LogP contribution in [0.5, 0.6) is 0 Å². The Labute approximate surface area is 142 Å². The van der Waals surface area contributed by atoms with E-state index in [0.717, 1.165) is 4.47 Å². The zero-order valence-corrected chi connectivity index (χ0v) is 14.2. The van der Waals surface area contributed by atoms with E-state index >= 15 is 0 Å². The van der Waals surface area contributed by atoms with E-state index in [-0.39, 0.29) is 11.8 Å². The Morgan fingerprint density at radius 2 is 1.91 bits per heavy atom. The highest BCUT2D eigenvalue weighted by Gasteiger charge is 2.10. The molecule has 0 fully saturated rings. The standard InChI is InChI=1S/C16H14BrClN2O2/c1-2-15(21)19-12-5-3-4-10(8-12)16(22)20-14-7-6-11(17)9-13(14)18/h3-9H,2H2,1H3,(H,19,21)(H,20,22).